The van der Waals surface area contributed by atoms with E-state index in [1.807, 2.05) is 12.1 Å². The van der Waals surface area contributed by atoms with Crippen LogP contribution < -0.4 is 5.32 Å². The molecule has 1 aliphatic rings. The lowest BCUT2D eigenvalue weighted by atomic mass is 9.89. The van der Waals surface area contributed by atoms with Gasteiger partial charge in [0.2, 0.25) is 0 Å². The Kier molecular flexibility index (Phi) is 3.72. The number of rotatable bonds is 2. The Morgan fingerprint density at radius 1 is 1.40 bits per heavy atom. The summed E-state index contributed by atoms with van der Waals surface area (Å²) in [5, 5.41) is 13.4. The van der Waals surface area contributed by atoms with Crippen molar-refractivity contribution >= 4 is 15.9 Å². The molecule has 1 unspecified atom stereocenters. The van der Waals surface area contributed by atoms with Gasteiger partial charge in [-0.05, 0) is 59.4 Å². The minimum Gasteiger partial charge on any atom is -0.388 e. The third kappa shape index (κ3) is 2.77. The normalized spacial score (nSPS) is 20.1. The van der Waals surface area contributed by atoms with Crippen LogP contribution in [-0.2, 0) is 0 Å². The highest BCUT2D eigenvalue weighted by Crippen LogP contribution is 2.28. The number of halogens is 1. The molecule has 2 heterocycles. The van der Waals surface area contributed by atoms with Gasteiger partial charge in [-0.2, -0.15) is 0 Å². The van der Waals surface area contributed by atoms with E-state index in [2.05, 4.69) is 26.2 Å². The molecule has 82 valence electrons. The fourth-order valence-electron chi connectivity index (χ4n) is 1.99. The van der Waals surface area contributed by atoms with Crippen molar-refractivity contribution < 1.29 is 5.11 Å². The first kappa shape index (κ1) is 11.0. The third-order valence-electron chi connectivity index (χ3n) is 2.92. The lowest BCUT2D eigenvalue weighted by molar-refractivity contribution is 0.0886. The summed E-state index contributed by atoms with van der Waals surface area (Å²) >= 11 is 3.29. The number of piperidine rings is 1. The molecule has 1 aromatic rings. The average Bonchev–Trinajstić information content (AvgIpc) is 2.30. The number of pyridine rings is 1. The van der Waals surface area contributed by atoms with Gasteiger partial charge < -0.3 is 10.4 Å². The van der Waals surface area contributed by atoms with Crippen LogP contribution in [0.4, 0.5) is 0 Å². The maximum absolute atomic E-state index is 10.2. The first-order valence-corrected chi connectivity index (χ1v) is 6.07. The number of hydrogen-bond donors (Lipinski definition) is 2. The summed E-state index contributed by atoms with van der Waals surface area (Å²) in [6, 6.07) is 3.81. The first-order chi connectivity index (χ1) is 7.27. The second-order valence-corrected chi connectivity index (χ2v) is 4.76. The molecule has 0 spiro atoms. The molecule has 1 atom stereocenters. The van der Waals surface area contributed by atoms with E-state index < -0.39 is 0 Å². The Hall–Kier alpha value is -0.450. The van der Waals surface area contributed by atoms with Gasteiger partial charge in [0.25, 0.3) is 0 Å². The number of aliphatic hydroxyl groups is 1. The zero-order valence-corrected chi connectivity index (χ0v) is 10.1. The Morgan fingerprint density at radius 2 is 2.13 bits per heavy atom. The highest BCUT2D eigenvalue weighted by atomic mass is 79.9. The fraction of sp³-hybridized carbons (Fsp3) is 0.545. The van der Waals surface area contributed by atoms with Crippen molar-refractivity contribution in [2.24, 2.45) is 5.92 Å². The largest absolute Gasteiger partial charge is 0.388 e. The number of aliphatic hydroxyl groups excluding tert-OH is 1. The summed E-state index contributed by atoms with van der Waals surface area (Å²) in [5.41, 5.74) is 0.921. The fourth-order valence-corrected chi connectivity index (χ4v) is 2.23. The van der Waals surface area contributed by atoms with E-state index in [1.54, 1.807) is 6.20 Å². The molecule has 2 rings (SSSR count). The zero-order valence-electron chi connectivity index (χ0n) is 8.49. The van der Waals surface area contributed by atoms with Crippen molar-refractivity contribution in [3.05, 3.63) is 28.5 Å². The standard InChI is InChI=1S/C11H15BrN2O/c12-10-2-1-9(7-14-10)11(15)8-3-5-13-6-4-8/h1-2,7-8,11,13,15H,3-6H2. The molecule has 1 fully saturated rings. The lowest BCUT2D eigenvalue weighted by Gasteiger charge is -2.27. The first-order valence-electron chi connectivity index (χ1n) is 5.27. The van der Waals surface area contributed by atoms with Gasteiger partial charge in [-0.1, -0.05) is 6.07 Å². The van der Waals surface area contributed by atoms with Crippen molar-refractivity contribution in [2.75, 3.05) is 13.1 Å². The van der Waals surface area contributed by atoms with Crippen LogP contribution >= 0.6 is 15.9 Å². The molecule has 0 amide bonds. The van der Waals surface area contributed by atoms with E-state index in [0.29, 0.717) is 5.92 Å². The minimum absolute atomic E-state index is 0.368. The molecule has 0 bridgehead atoms. The average molecular weight is 271 g/mol. The number of aromatic nitrogens is 1. The van der Waals surface area contributed by atoms with Crippen LogP contribution in [0.3, 0.4) is 0 Å². The molecule has 3 nitrogen and oxygen atoms in total. The highest BCUT2D eigenvalue weighted by Gasteiger charge is 2.22. The molecule has 0 aliphatic carbocycles. The van der Waals surface area contributed by atoms with Crippen molar-refractivity contribution in [1.29, 1.82) is 0 Å². The summed E-state index contributed by atoms with van der Waals surface area (Å²) < 4.78 is 0.809. The molecule has 4 heteroatoms. The lowest BCUT2D eigenvalue weighted by Crippen LogP contribution is -2.30. The molecule has 1 aliphatic heterocycles. The van der Waals surface area contributed by atoms with Gasteiger partial charge >= 0.3 is 0 Å². The molecule has 0 aromatic carbocycles. The van der Waals surface area contributed by atoms with Crippen LogP contribution in [0.5, 0.6) is 0 Å². The van der Waals surface area contributed by atoms with E-state index in [1.165, 1.54) is 0 Å². The predicted molar refractivity (Wildman–Crippen MR) is 62.5 cm³/mol. The monoisotopic (exact) mass is 270 g/mol. The second-order valence-electron chi connectivity index (χ2n) is 3.95. The van der Waals surface area contributed by atoms with Crippen LogP contribution in [0, 0.1) is 5.92 Å². The van der Waals surface area contributed by atoms with E-state index in [0.717, 1.165) is 36.1 Å². The van der Waals surface area contributed by atoms with Crippen molar-refractivity contribution in [1.82, 2.24) is 10.3 Å². The van der Waals surface area contributed by atoms with Gasteiger partial charge in [-0.25, -0.2) is 4.98 Å². The molecule has 1 saturated heterocycles. The molecular weight excluding hydrogens is 256 g/mol. The van der Waals surface area contributed by atoms with Gasteiger partial charge in [-0.3, -0.25) is 0 Å². The molecule has 2 N–H and O–H groups in total. The van der Waals surface area contributed by atoms with Crippen molar-refractivity contribution in [3.8, 4) is 0 Å². The summed E-state index contributed by atoms with van der Waals surface area (Å²) in [4.78, 5) is 4.14. The van der Waals surface area contributed by atoms with Gasteiger partial charge in [0.15, 0.2) is 0 Å². The van der Waals surface area contributed by atoms with Crippen LogP contribution in [-0.4, -0.2) is 23.2 Å². The molecule has 15 heavy (non-hydrogen) atoms. The molecular formula is C11H15BrN2O. The summed E-state index contributed by atoms with van der Waals surface area (Å²) in [5.74, 6) is 0.370. The third-order valence-corrected chi connectivity index (χ3v) is 3.39. The minimum atomic E-state index is -0.368. The topological polar surface area (TPSA) is 45.2 Å². The number of nitrogens with zero attached hydrogens (tertiary/aromatic N) is 1. The number of hydrogen-bond acceptors (Lipinski definition) is 3. The van der Waals surface area contributed by atoms with E-state index in [-0.39, 0.29) is 6.10 Å². The highest BCUT2D eigenvalue weighted by molar-refractivity contribution is 9.10. The van der Waals surface area contributed by atoms with Crippen LogP contribution in [0.15, 0.2) is 22.9 Å². The van der Waals surface area contributed by atoms with E-state index in [4.69, 9.17) is 0 Å². The maximum Gasteiger partial charge on any atom is 0.106 e. The van der Waals surface area contributed by atoms with E-state index >= 15 is 0 Å². The van der Waals surface area contributed by atoms with Crippen molar-refractivity contribution in [3.63, 3.8) is 0 Å². The summed E-state index contributed by atoms with van der Waals surface area (Å²) in [7, 11) is 0. The number of nitrogens with one attached hydrogen (secondary N) is 1. The Bertz CT molecular complexity index is 309. The Labute approximate surface area is 98.0 Å². The summed E-state index contributed by atoms with van der Waals surface area (Å²) in [6.07, 6.45) is 3.46. The molecule has 1 aromatic heterocycles. The summed E-state index contributed by atoms with van der Waals surface area (Å²) in [6.45, 7) is 2.01. The molecule has 0 saturated carbocycles. The van der Waals surface area contributed by atoms with Gasteiger partial charge in [0, 0.05) is 6.20 Å². The van der Waals surface area contributed by atoms with Gasteiger partial charge in [-0.15, -0.1) is 0 Å². The van der Waals surface area contributed by atoms with Gasteiger partial charge in [0.1, 0.15) is 4.60 Å². The Morgan fingerprint density at radius 3 is 2.73 bits per heavy atom. The van der Waals surface area contributed by atoms with E-state index in [9.17, 15) is 5.11 Å². The smallest absolute Gasteiger partial charge is 0.106 e. The zero-order chi connectivity index (χ0) is 10.7. The van der Waals surface area contributed by atoms with Gasteiger partial charge in [0.05, 0.1) is 6.10 Å². The quantitative estimate of drug-likeness (QED) is 0.807. The maximum atomic E-state index is 10.2. The SMILES string of the molecule is OC(c1ccc(Br)nc1)C1CCNCC1. The van der Waals surface area contributed by atoms with Crippen molar-refractivity contribution in [2.45, 2.75) is 18.9 Å². The predicted octanol–water partition coefficient (Wildman–Crippen LogP) is 1.88. The Balaban J connectivity index is 2.05. The van der Waals surface area contributed by atoms with Crippen LogP contribution in [0.2, 0.25) is 0 Å². The second kappa shape index (κ2) is 5.05. The van der Waals surface area contributed by atoms with Crippen LogP contribution in [0.25, 0.3) is 0 Å². The molecule has 0 radical (unpaired) electrons. The van der Waals surface area contributed by atoms with Crippen LogP contribution in [0.1, 0.15) is 24.5 Å².